The van der Waals surface area contributed by atoms with E-state index in [2.05, 4.69) is 28.9 Å². The molecule has 0 bridgehead atoms. The summed E-state index contributed by atoms with van der Waals surface area (Å²) in [4.78, 5) is 4.82. The zero-order chi connectivity index (χ0) is 19.2. The molecule has 0 saturated carbocycles. The van der Waals surface area contributed by atoms with E-state index in [1.165, 1.54) is 5.56 Å². The van der Waals surface area contributed by atoms with E-state index >= 15 is 0 Å². The molecule has 1 heterocycles. The van der Waals surface area contributed by atoms with Crippen LogP contribution in [0.3, 0.4) is 0 Å². The second kappa shape index (κ2) is 9.22. The molecule has 0 spiro atoms. The van der Waals surface area contributed by atoms with Crippen LogP contribution in [0.5, 0.6) is 11.5 Å². The maximum atomic E-state index is 10.0. The number of benzene rings is 2. The number of aromatic hydroxyl groups is 1. The SMILES string of the molecule is COc1ccc(CN2CCN(Cc3ccccc3O)CC2CCO)cc1C. The molecule has 2 N–H and O–H groups in total. The zero-order valence-corrected chi connectivity index (χ0v) is 16.3. The van der Waals surface area contributed by atoms with Gasteiger partial charge in [0, 0.05) is 50.9 Å². The van der Waals surface area contributed by atoms with Gasteiger partial charge in [0.05, 0.1) is 7.11 Å². The molecule has 146 valence electrons. The van der Waals surface area contributed by atoms with E-state index in [1.807, 2.05) is 24.3 Å². The van der Waals surface area contributed by atoms with Crippen LogP contribution in [-0.2, 0) is 13.1 Å². The molecule has 27 heavy (non-hydrogen) atoms. The summed E-state index contributed by atoms with van der Waals surface area (Å²) in [5.74, 6) is 1.27. The van der Waals surface area contributed by atoms with E-state index < -0.39 is 0 Å². The molecule has 5 nitrogen and oxygen atoms in total. The molecular weight excluding hydrogens is 340 g/mol. The highest BCUT2D eigenvalue weighted by molar-refractivity contribution is 5.36. The van der Waals surface area contributed by atoms with Crippen molar-refractivity contribution in [3.8, 4) is 11.5 Å². The van der Waals surface area contributed by atoms with Gasteiger partial charge < -0.3 is 14.9 Å². The molecule has 0 aliphatic carbocycles. The number of aryl methyl sites for hydroxylation is 1. The monoisotopic (exact) mass is 370 g/mol. The van der Waals surface area contributed by atoms with Crippen molar-refractivity contribution >= 4 is 0 Å². The molecule has 5 heteroatoms. The minimum atomic E-state index is 0.188. The first-order chi connectivity index (χ1) is 13.1. The van der Waals surface area contributed by atoms with Crippen LogP contribution in [0, 0.1) is 6.92 Å². The number of ether oxygens (including phenoxy) is 1. The molecule has 1 fully saturated rings. The summed E-state index contributed by atoms with van der Waals surface area (Å²) in [6.07, 6.45) is 0.756. The second-order valence-corrected chi connectivity index (χ2v) is 7.30. The summed E-state index contributed by atoms with van der Waals surface area (Å²) in [6, 6.07) is 14.2. The number of phenolic OH excluding ortho intramolecular Hbond substituents is 1. The number of hydrogen-bond donors (Lipinski definition) is 2. The summed E-state index contributed by atoms with van der Waals surface area (Å²) in [7, 11) is 1.70. The van der Waals surface area contributed by atoms with Gasteiger partial charge in [-0.2, -0.15) is 0 Å². The average molecular weight is 370 g/mol. The molecule has 1 saturated heterocycles. The zero-order valence-electron chi connectivity index (χ0n) is 16.3. The Bertz CT molecular complexity index is 750. The van der Waals surface area contributed by atoms with Crippen LogP contribution in [-0.4, -0.2) is 59.4 Å². The fourth-order valence-corrected chi connectivity index (χ4v) is 3.89. The third kappa shape index (κ3) is 5.01. The Morgan fingerprint density at radius 3 is 2.63 bits per heavy atom. The van der Waals surface area contributed by atoms with E-state index in [1.54, 1.807) is 13.2 Å². The van der Waals surface area contributed by atoms with Crippen LogP contribution < -0.4 is 4.74 Å². The maximum Gasteiger partial charge on any atom is 0.121 e. The van der Waals surface area contributed by atoms with Gasteiger partial charge in [0.2, 0.25) is 0 Å². The van der Waals surface area contributed by atoms with Crippen molar-refractivity contribution in [1.82, 2.24) is 9.80 Å². The largest absolute Gasteiger partial charge is 0.508 e. The minimum Gasteiger partial charge on any atom is -0.508 e. The molecule has 3 rings (SSSR count). The summed E-state index contributed by atoms with van der Waals surface area (Å²) < 4.78 is 5.36. The summed E-state index contributed by atoms with van der Waals surface area (Å²) in [6.45, 7) is 6.66. The number of para-hydroxylation sites is 1. The van der Waals surface area contributed by atoms with Gasteiger partial charge in [-0.3, -0.25) is 9.80 Å². The van der Waals surface area contributed by atoms with Crippen LogP contribution >= 0.6 is 0 Å². The van der Waals surface area contributed by atoms with Crippen molar-refractivity contribution in [2.75, 3.05) is 33.4 Å². The Labute approximate surface area is 161 Å². The quantitative estimate of drug-likeness (QED) is 0.785. The second-order valence-electron chi connectivity index (χ2n) is 7.30. The van der Waals surface area contributed by atoms with Crippen molar-refractivity contribution in [3.63, 3.8) is 0 Å². The average Bonchev–Trinajstić information content (AvgIpc) is 2.66. The molecule has 1 atom stereocenters. The maximum absolute atomic E-state index is 10.0. The normalized spacial score (nSPS) is 18.6. The third-order valence-corrected chi connectivity index (χ3v) is 5.38. The lowest BCUT2D eigenvalue weighted by Crippen LogP contribution is -2.52. The van der Waals surface area contributed by atoms with E-state index in [4.69, 9.17) is 4.74 Å². The first-order valence-electron chi connectivity index (χ1n) is 9.58. The van der Waals surface area contributed by atoms with Crippen molar-refractivity contribution in [3.05, 3.63) is 59.2 Å². The summed E-state index contributed by atoms with van der Waals surface area (Å²) in [5, 5.41) is 19.6. The standard InChI is InChI=1S/C22H30N2O3/c1-17-13-18(7-8-22(17)27-2)14-24-11-10-23(16-20(24)9-12-25)15-19-5-3-4-6-21(19)26/h3-8,13,20,25-26H,9-12,14-16H2,1-2H3. The minimum absolute atomic E-state index is 0.188. The lowest BCUT2D eigenvalue weighted by molar-refractivity contribution is 0.0496. The van der Waals surface area contributed by atoms with E-state index in [0.29, 0.717) is 11.8 Å². The molecule has 2 aromatic carbocycles. The number of phenols is 1. The van der Waals surface area contributed by atoms with Gasteiger partial charge in [-0.15, -0.1) is 0 Å². The first-order valence-corrected chi connectivity index (χ1v) is 9.58. The Morgan fingerprint density at radius 2 is 1.93 bits per heavy atom. The number of hydrogen-bond acceptors (Lipinski definition) is 5. The van der Waals surface area contributed by atoms with Crippen molar-refractivity contribution in [2.24, 2.45) is 0 Å². The van der Waals surface area contributed by atoms with E-state index in [9.17, 15) is 10.2 Å². The van der Waals surface area contributed by atoms with Gasteiger partial charge in [0.15, 0.2) is 0 Å². The highest BCUT2D eigenvalue weighted by Gasteiger charge is 2.27. The van der Waals surface area contributed by atoms with Gasteiger partial charge in [0.25, 0.3) is 0 Å². The van der Waals surface area contributed by atoms with Gasteiger partial charge in [-0.1, -0.05) is 30.3 Å². The van der Waals surface area contributed by atoms with E-state index in [0.717, 1.165) is 56.0 Å². The number of methoxy groups -OCH3 is 1. The molecule has 1 aliphatic rings. The van der Waals surface area contributed by atoms with Crippen LogP contribution in [0.1, 0.15) is 23.1 Å². The fourth-order valence-electron chi connectivity index (χ4n) is 3.89. The lowest BCUT2D eigenvalue weighted by Gasteiger charge is -2.41. The lowest BCUT2D eigenvalue weighted by atomic mass is 10.0. The number of aliphatic hydroxyl groups is 1. The van der Waals surface area contributed by atoms with E-state index in [-0.39, 0.29) is 6.61 Å². The Morgan fingerprint density at radius 1 is 1.11 bits per heavy atom. The molecule has 1 aliphatic heterocycles. The van der Waals surface area contributed by atoms with Crippen LogP contribution in [0.4, 0.5) is 0 Å². The van der Waals surface area contributed by atoms with Crippen molar-refractivity contribution in [1.29, 1.82) is 0 Å². The molecule has 1 unspecified atom stereocenters. The van der Waals surface area contributed by atoms with Crippen LogP contribution in [0.2, 0.25) is 0 Å². The van der Waals surface area contributed by atoms with Crippen LogP contribution in [0.15, 0.2) is 42.5 Å². The third-order valence-electron chi connectivity index (χ3n) is 5.38. The Hall–Kier alpha value is -2.08. The summed E-state index contributed by atoms with van der Waals surface area (Å²) in [5.41, 5.74) is 3.37. The number of rotatable bonds is 7. The Balaban J connectivity index is 1.65. The highest BCUT2D eigenvalue weighted by Crippen LogP contribution is 2.24. The number of piperazine rings is 1. The predicted molar refractivity (Wildman–Crippen MR) is 107 cm³/mol. The first kappa shape index (κ1) is 19.7. The highest BCUT2D eigenvalue weighted by atomic mass is 16.5. The number of nitrogens with zero attached hydrogens (tertiary/aromatic N) is 2. The number of aliphatic hydroxyl groups excluding tert-OH is 1. The van der Waals surface area contributed by atoms with Crippen molar-refractivity contribution in [2.45, 2.75) is 32.5 Å². The van der Waals surface area contributed by atoms with Gasteiger partial charge in [0.1, 0.15) is 11.5 Å². The molecule has 0 amide bonds. The van der Waals surface area contributed by atoms with Gasteiger partial charge in [-0.05, 0) is 36.6 Å². The molecule has 2 aromatic rings. The smallest absolute Gasteiger partial charge is 0.121 e. The van der Waals surface area contributed by atoms with Gasteiger partial charge >= 0.3 is 0 Å². The van der Waals surface area contributed by atoms with Gasteiger partial charge in [-0.25, -0.2) is 0 Å². The molecule has 0 aromatic heterocycles. The molecular formula is C22H30N2O3. The summed E-state index contributed by atoms with van der Waals surface area (Å²) >= 11 is 0. The predicted octanol–water partition coefficient (Wildman–Crippen LogP) is 2.78. The van der Waals surface area contributed by atoms with Crippen LogP contribution in [0.25, 0.3) is 0 Å². The topological polar surface area (TPSA) is 56.2 Å². The molecule has 0 radical (unpaired) electrons. The fraction of sp³-hybridized carbons (Fsp3) is 0.455. The van der Waals surface area contributed by atoms with Crippen molar-refractivity contribution < 1.29 is 14.9 Å². The Kier molecular flexibility index (Phi) is 6.72.